The molecule has 0 aromatic carbocycles. The highest BCUT2D eigenvalue weighted by molar-refractivity contribution is 5.82. The Bertz CT molecular complexity index is 350. The Morgan fingerprint density at radius 1 is 1.47 bits per heavy atom. The van der Waals surface area contributed by atoms with Crippen molar-refractivity contribution in [3.8, 4) is 0 Å². The van der Waals surface area contributed by atoms with E-state index in [4.69, 9.17) is 6.11 Å². The predicted octanol–water partition coefficient (Wildman–Crippen LogP) is 0.530. The largest absolute Gasteiger partial charge is 0.467 e. The van der Waals surface area contributed by atoms with Crippen molar-refractivity contribution in [3.05, 3.63) is 0 Å². The van der Waals surface area contributed by atoms with Crippen LogP contribution in [-0.4, -0.2) is 53.4 Å². The Balaban J connectivity index is 2.84. The number of β-amino-alcohol motifs (C(OH)–C–C–N with tert-alkyl or cyclic N) is 1. The van der Waals surface area contributed by atoms with Crippen molar-refractivity contribution < 1.29 is 25.5 Å². The average molecular weight is 246 g/mol. The smallest absolute Gasteiger partial charge is 0.411 e. The fourth-order valence-corrected chi connectivity index (χ4v) is 1.56. The van der Waals surface area contributed by atoms with E-state index in [1.165, 1.54) is 7.11 Å². The minimum Gasteiger partial charge on any atom is -0.467 e. The fraction of sp³-hybridized carbons (Fsp3) is 0.818. The van der Waals surface area contributed by atoms with Crippen molar-refractivity contribution in [2.45, 2.75) is 44.9 Å². The van der Waals surface area contributed by atoms with Crippen molar-refractivity contribution in [2.24, 2.45) is 0 Å². The first-order valence-electron chi connectivity index (χ1n) is 5.85. The summed E-state index contributed by atoms with van der Waals surface area (Å²) in [6, 6.07) is -0.979. The third-order valence-electron chi connectivity index (χ3n) is 2.26. The third kappa shape index (κ3) is 3.59. The van der Waals surface area contributed by atoms with E-state index in [1.807, 2.05) is 0 Å². The van der Waals surface area contributed by atoms with Crippen LogP contribution in [0, 0.1) is 0 Å². The fourth-order valence-electron chi connectivity index (χ4n) is 1.56. The molecule has 0 aromatic heterocycles. The minimum atomic E-state index is -1.85. The first-order valence-corrected chi connectivity index (χ1v) is 5.35. The van der Waals surface area contributed by atoms with E-state index in [-0.39, 0.29) is 13.0 Å². The van der Waals surface area contributed by atoms with E-state index in [0.717, 1.165) is 4.90 Å². The van der Waals surface area contributed by atoms with Gasteiger partial charge in [0, 0.05) is 6.42 Å². The average Bonchev–Trinajstić information content (AvgIpc) is 2.51. The molecule has 1 amide bonds. The molecule has 1 N–H and O–H groups in total. The highest BCUT2D eigenvalue weighted by Gasteiger charge is 2.41. The number of hydrogen-bond donors (Lipinski definition) is 1. The number of rotatable bonds is 1. The molecule has 0 unspecified atom stereocenters. The zero-order valence-electron chi connectivity index (χ0n) is 11.5. The summed E-state index contributed by atoms with van der Waals surface area (Å²) in [5.41, 5.74) is -0.708. The second kappa shape index (κ2) is 4.91. The summed E-state index contributed by atoms with van der Waals surface area (Å²) in [6.45, 7) is 4.81. The Kier molecular flexibility index (Phi) is 3.51. The molecule has 1 aliphatic rings. The van der Waals surface area contributed by atoms with E-state index in [0.29, 0.717) is 0 Å². The summed E-state index contributed by atoms with van der Waals surface area (Å²) in [4.78, 5) is 24.4. The van der Waals surface area contributed by atoms with Crippen LogP contribution in [0.25, 0.3) is 0 Å². The normalized spacial score (nSPS) is 29.8. The zero-order valence-corrected chi connectivity index (χ0v) is 10.5. The van der Waals surface area contributed by atoms with Crippen LogP contribution in [0.5, 0.6) is 0 Å². The van der Waals surface area contributed by atoms with Gasteiger partial charge in [0.15, 0.2) is 0 Å². The number of methoxy groups -OCH3 is 1. The van der Waals surface area contributed by atoms with Gasteiger partial charge in [-0.15, -0.1) is 0 Å². The van der Waals surface area contributed by atoms with Crippen molar-refractivity contribution in [1.82, 2.24) is 4.90 Å². The van der Waals surface area contributed by atoms with Crippen LogP contribution in [0.2, 0.25) is 0 Å². The van der Waals surface area contributed by atoms with Gasteiger partial charge in [-0.1, -0.05) is 0 Å². The van der Waals surface area contributed by atoms with Crippen LogP contribution in [-0.2, 0) is 14.3 Å². The monoisotopic (exact) mass is 246 g/mol. The van der Waals surface area contributed by atoms with Crippen molar-refractivity contribution in [3.63, 3.8) is 0 Å². The first kappa shape index (κ1) is 12.2. The summed E-state index contributed by atoms with van der Waals surface area (Å²) in [5, 5.41) is 9.64. The number of aliphatic hydroxyl groups is 1. The van der Waals surface area contributed by atoms with Crippen LogP contribution >= 0.6 is 0 Å². The van der Waals surface area contributed by atoms with E-state index >= 15 is 0 Å². The van der Waals surface area contributed by atoms with Crippen molar-refractivity contribution in [1.29, 1.82) is 0 Å². The summed E-state index contributed by atoms with van der Waals surface area (Å²) >= 11 is 0. The molecule has 6 nitrogen and oxygen atoms in total. The molecule has 0 spiro atoms. The number of carbonyl (C=O) groups is 2. The van der Waals surface area contributed by atoms with Gasteiger partial charge in [-0.25, -0.2) is 9.59 Å². The van der Waals surface area contributed by atoms with E-state index in [1.54, 1.807) is 20.8 Å². The van der Waals surface area contributed by atoms with Gasteiger partial charge in [-0.3, -0.25) is 4.90 Å². The van der Waals surface area contributed by atoms with Crippen molar-refractivity contribution >= 4 is 12.1 Å². The maximum absolute atomic E-state index is 11.9. The zero-order chi connectivity index (χ0) is 14.1. The Hall–Kier alpha value is -1.30. The highest BCUT2D eigenvalue weighted by atomic mass is 16.6. The van der Waals surface area contributed by atoms with Crippen LogP contribution in [0.4, 0.5) is 4.79 Å². The standard InChI is InChI=1S/C11H19NO5/c1-11(2,3)17-10(15)12-6-7(13)5-8(12)9(14)16-4/h7-8,13H,5-6H2,1-4H3/t7-,8-/m0/s1/i7D. The molecule has 6 heteroatoms. The second-order valence-electron chi connectivity index (χ2n) is 4.92. The number of amides is 1. The van der Waals surface area contributed by atoms with E-state index in [9.17, 15) is 14.7 Å². The third-order valence-corrected chi connectivity index (χ3v) is 2.26. The van der Waals surface area contributed by atoms with Gasteiger partial charge in [0.25, 0.3) is 0 Å². The van der Waals surface area contributed by atoms with Crippen LogP contribution < -0.4 is 0 Å². The number of hydrogen-bond acceptors (Lipinski definition) is 5. The molecule has 1 aliphatic heterocycles. The van der Waals surface area contributed by atoms with Gasteiger partial charge in [0.2, 0.25) is 0 Å². The lowest BCUT2D eigenvalue weighted by Gasteiger charge is -2.27. The highest BCUT2D eigenvalue weighted by Crippen LogP contribution is 2.22. The van der Waals surface area contributed by atoms with Gasteiger partial charge in [-0.2, -0.15) is 0 Å². The lowest BCUT2D eigenvalue weighted by atomic mass is 10.2. The number of carbonyl (C=O) groups excluding carboxylic acids is 2. The predicted molar refractivity (Wildman–Crippen MR) is 59.4 cm³/mol. The van der Waals surface area contributed by atoms with E-state index < -0.39 is 29.8 Å². The number of ether oxygens (including phenoxy) is 2. The maximum atomic E-state index is 11.9. The number of likely N-dealkylation sites (tertiary alicyclic amines) is 1. The van der Waals surface area contributed by atoms with Crippen LogP contribution in [0.3, 0.4) is 0 Å². The quantitative estimate of drug-likeness (QED) is 0.683. The van der Waals surface area contributed by atoms with Crippen molar-refractivity contribution in [2.75, 3.05) is 13.7 Å². The lowest BCUT2D eigenvalue weighted by molar-refractivity contribution is -0.145. The molecule has 1 saturated heterocycles. The Labute approximate surface area is 102 Å². The summed E-state index contributed by atoms with van der Waals surface area (Å²) < 4.78 is 17.2. The lowest BCUT2D eigenvalue weighted by Crippen LogP contribution is -2.43. The minimum absolute atomic E-state index is 0.182. The SMILES string of the molecule is [2H][C@]1(O)C[C@@H](C(=O)OC)N(C(=O)OC(C)(C)C)C1. The van der Waals surface area contributed by atoms with Gasteiger partial charge >= 0.3 is 12.1 Å². The molecule has 1 heterocycles. The van der Waals surface area contributed by atoms with E-state index in [2.05, 4.69) is 4.74 Å². The van der Waals surface area contributed by atoms with Crippen LogP contribution in [0.15, 0.2) is 0 Å². The molecule has 0 aromatic rings. The Morgan fingerprint density at radius 3 is 2.53 bits per heavy atom. The van der Waals surface area contributed by atoms with Gasteiger partial charge in [-0.05, 0) is 20.8 Å². The van der Waals surface area contributed by atoms with Crippen LogP contribution in [0.1, 0.15) is 28.6 Å². The van der Waals surface area contributed by atoms with Gasteiger partial charge in [0.05, 0.1) is 21.1 Å². The molecular weight excluding hydrogens is 226 g/mol. The molecule has 0 saturated carbocycles. The summed E-state index contributed by atoms with van der Waals surface area (Å²) in [5.74, 6) is -0.663. The molecular formula is C11H19NO5. The number of nitrogens with zero attached hydrogens (tertiary/aromatic N) is 1. The second-order valence-corrected chi connectivity index (χ2v) is 4.92. The molecule has 0 radical (unpaired) electrons. The molecule has 1 fully saturated rings. The topological polar surface area (TPSA) is 76.1 Å². The molecule has 17 heavy (non-hydrogen) atoms. The number of esters is 1. The van der Waals surface area contributed by atoms with Gasteiger partial charge in [0.1, 0.15) is 11.6 Å². The first-order chi connectivity index (χ1) is 8.06. The molecule has 1 rings (SSSR count). The maximum Gasteiger partial charge on any atom is 0.411 e. The summed E-state index contributed by atoms with van der Waals surface area (Å²) in [7, 11) is 1.19. The molecule has 0 bridgehead atoms. The summed E-state index contributed by atoms with van der Waals surface area (Å²) in [6.07, 6.45) is -2.77. The Morgan fingerprint density at radius 2 is 2.06 bits per heavy atom. The molecule has 98 valence electrons. The van der Waals surface area contributed by atoms with Gasteiger partial charge < -0.3 is 14.6 Å². The molecule has 2 atom stereocenters. The molecule has 0 aliphatic carbocycles.